The first-order valence-electron chi connectivity index (χ1n) is 7.22. The molecule has 0 saturated heterocycles. The van der Waals surface area contributed by atoms with Crippen LogP contribution in [-0.4, -0.2) is 63.7 Å². The Hall–Kier alpha value is -2.89. The Bertz CT molecular complexity index is 491. The van der Waals surface area contributed by atoms with Crippen molar-refractivity contribution >= 4 is 29.8 Å². The number of aliphatic carboxylic acids is 3. The largest absolute Gasteiger partial charge is 0.481 e. The van der Waals surface area contributed by atoms with E-state index in [2.05, 4.69) is 10.3 Å². The summed E-state index contributed by atoms with van der Waals surface area (Å²) in [7, 11) is 0. The number of hydrogen-bond donors (Lipinski definition) is 7. The number of nitrogens with one attached hydrogen (secondary N) is 1. The van der Waals surface area contributed by atoms with E-state index in [0.29, 0.717) is 19.4 Å². The van der Waals surface area contributed by atoms with Gasteiger partial charge in [-0.3, -0.25) is 19.4 Å². The fourth-order valence-electron chi connectivity index (χ4n) is 1.41. The van der Waals surface area contributed by atoms with Crippen LogP contribution >= 0.6 is 0 Å². The summed E-state index contributed by atoms with van der Waals surface area (Å²) in [5.41, 5.74) is 15.3. The topological polar surface area (TPSA) is 231 Å². The van der Waals surface area contributed by atoms with E-state index in [1.165, 1.54) is 6.92 Å². The fourth-order valence-corrected chi connectivity index (χ4v) is 1.41. The highest BCUT2D eigenvalue weighted by Crippen LogP contribution is 1.97. The molecule has 0 aromatic rings. The highest BCUT2D eigenvalue weighted by molar-refractivity contribution is 5.82. The quantitative estimate of drug-likeness (QED) is 0.127. The van der Waals surface area contributed by atoms with Crippen LogP contribution in [0.1, 0.15) is 32.6 Å². The summed E-state index contributed by atoms with van der Waals surface area (Å²) in [6.45, 7) is 1.60. The monoisotopic (exact) mass is 363 g/mol. The van der Waals surface area contributed by atoms with Crippen molar-refractivity contribution in [2.24, 2.45) is 22.2 Å². The summed E-state index contributed by atoms with van der Waals surface area (Å²) in [5.74, 6) is -3.79. The first-order chi connectivity index (χ1) is 11.5. The van der Waals surface area contributed by atoms with Crippen LogP contribution in [0.25, 0.3) is 0 Å². The van der Waals surface area contributed by atoms with Gasteiger partial charge in [0.1, 0.15) is 12.1 Å². The van der Waals surface area contributed by atoms with E-state index >= 15 is 0 Å². The predicted molar refractivity (Wildman–Crippen MR) is 87.6 cm³/mol. The molecule has 2 atom stereocenters. The molecule has 25 heavy (non-hydrogen) atoms. The number of carbonyl (C=O) groups is 4. The van der Waals surface area contributed by atoms with Gasteiger partial charge in [-0.1, -0.05) is 0 Å². The molecule has 0 aromatic carbocycles. The minimum absolute atomic E-state index is 0.0129. The minimum Gasteiger partial charge on any atom is -0.481 e. The Morgan fingerprint density at radius 2 is 1.60 bits per heavy atom. The van der Waals surface area contributed by atoms with Gasteiger partial charge in [0.15, 0.2) is 5.96 Å². The average Bonchev–Trinajstić information content (AvgIpc) is 2.47. The normalized spacial score (nSPS) is 11.9. The second-order valence-electron chi connectivity index (χ2n) is 4.92. The van der Waals surface area contributed by atoms with Crippen molar-refractivity contribution < 1.29 is 34.5 Å². The Balaban J connectivity index is 0. The van der Waals surface area contributed by atoms with Crippen molar-refractivity contribution in [3.05, 3.63) is 0 Å². The zero-order valence-electron chi connectivity index (χ0n) is 13.8. The van der Waals surface area contributed by atoms with Crippen LogP contribution < -0.4 is 22.5 Å². The first-order valence-corrected chi connectivity index (χ1v) is 7.22. The van der Waals surface area contributed by atoms with E-state index in [-0.39, 0.29) is 18.8 Å². The zero-order chi connectivity index (χ0) is 20.0. The van der Waals surface area contributed by atoms with E-state index in [1.54, 1.807) is 0 Å². The first kappa shape index (κ1) is 24.4. The van der Waals surface area contributed by atoms with Gasteiger partial charge in [-0.2, -0.15) is 0 Å². The molecule has 0 unspecified atom stereocenters. The molecule has 0 aliphatic rings. The van der Waals surface area contributed by atoms with Crippen molar-refractivity contribution in [2.75, 3.05) is 6.54 Å². The molecule has 0 saturated carbocycles. The number of nitrogens with zero attached hydrogens (tertiary/aromatic N) is 1. The second kappa shape index (κ2) is 13.5. The number of carboxylic acid groups (broad SMARTS) is 3. The molecular formula is C13H25N5O7. The average molecular weight is 363 g/mol. The lowest BCUT2D eigenvalue weighted by molar-refractivity contribution is -0.143. The van der Waals surface area contributed by atoms with Crippen LogP contribution in [0.2, 0.25) is 0 Å². The maximum Gasteiger partial charge on any atom is 0.326 e. The molecular weight excluding hydrogens is 338 g/mol. The van der Waals surface area contributed by atoms with Crippen LogP contribution in [0.3, 0.4) is 0 Å². The van der Waals surface area contributed by atoms with Crippen molar-refractivity contribution in [3.8, 4) is 0 Å². The summed E-state index contributed by atoms with van der Waals surface area (Å²) < 4.78 is 0. The molecule has 0 fully saturated rings. The Morgan fingerprint density at radius 1 is 1.04 bits per heavy atom. The molecule has 0 spiro atoms. The molecule has 0 aromatic heterocycles. The number of amides is 1. The molecule has 0 heterocycles. The van der Waals surface area contributed by atoms with E-state index in [1.807, 2.05) is 0 Å². The van der Waals surface area contributed by atoms with E-state index in [0.717, 1.165) is 0 Å². The predicted octanol–water partition coefficient (Wildman–Crippen LogP) is -2.11. The number of carbonyl (C=O) groups excluding carboxylic acids is 1. The minimum atomic E-state index is -1.23. The smallest absolute Gasteiger partial charge is 0.326 e. The molecule has 10 N–H and O–H groups in total. The van der Waals surface area contributed by atoms with E-state index < -0.39 is 35.9 Å². The summed E-state index contributed by atoms with van der Waals surface area (Å²) in [5, 5.41) is 27.3. The maximum atomic E-state index is 10.5. The molecule has 0 aliphatic heterocycles. The highest BCUT2D eigenvalue weighted by atomic mass is 16.4. The van der Waals surface area contributed by atoms with Gasteiger partial charge in [0.05, 0.1) is 0 Å². The van der Waals surface area contributed by atoms with Gasteiger partial charge in [-0.05, 0) is 19.3 Å². The lowest BCUT2D eigenvalue weighted by Crippen LogP contribution is -2.39. The third-order valence-electron chi connectivity index (χ3n) is 2.61. The fraction of sp³-hybridized carbons (Fsp3) is 0.615. The number of hydrogen-bond acceptors (Lipinski definition) is 6. The number of nitrogens with two attached hydrogens (primary N) is 3. The zero-order valence-corrected chi connectivity index (χ0v) is 13.8. The van der Waals surface area contributed by atoms with Crippen molar-refractivity contribution in [2.45, 2.75) is 44.7 Å². The van der Waals surface area contributed by atoms with Crippen molar-refractivity contribution in [3.63, 3.8) is 0 Å². The molecule has 0 rings (SSSR count). The number of guanidine groups is 1. The van der Waals surface area contributed by atoms with Crippen LogP contribution in [0.4, 0.5) is 0 Å². The molecule has 0 radical (unpaired) electrons. The molecule has 1 amide bonds. The van der Waals surface area contributed by atoms with Crippen LogP contribution in [-0.2, 0) is 19.2 Å². The standard InChI is InChI=1S/C7H11NO5.C6H14N4O2/c1-4(9)8-5(7(12)13)2-3-6(10)11;7-4(5(11)12)2-1-3-10-6(8)9/h5H,2-3H2,1H3,(H,8,9)(H,10,11)(H,12,13);4H,1-3,7H2,(H,11,12)(H4,8,9,10)/t5-;4-/m00/s1. The van der Waals surface area contributed by atoms with Crippen LogP contribution in [0.15, 0.2) is 4.99 Å². The number of carboxylic acids is 3. The molecule has 0 aliphatic carbocycles. The Labute approximate surface area is 144 Å². The molecule has 144 valence electrons. The van der Waals surface area contributed by atoms with E-state index in [4.69, 9.17) is 32.5 Å². The van der Waals surface area contributed by atoms with Crippen LogP contribution in [0.5, 0.6) is 0 Å². The highest BCUT2D eigenvalue weighted by Gasteiger charge is 2.18. The number of rotatable bonds is 10. The summed E-state index contributed by atoms with van der Waals surface area (Å²) in [4.78, 5) is 44.9. The van der Waals surface area contributed by atoms with Gasteiger partial charge in [-0.25, -0.2) is 4.79 Å². The van der Waals surface area contributed by atoms with Gasteiger partial charge < -0.3 is 37.8 Å². The van der Waals surface area contributed by atoms with Crippen molar-refractivity contribution in [1.82, 2.24) is 5.32 Å². The van der Waals surface area contributed by atoms with Gasteiger partial charge in [0, 0.05) is 19.9 Å². The second-order valence-corrected chi connectivity index (χ2v) is 4.92. The summed E-state index contributed by atoms with van der Waals surface area (Å²) in [6, 6.07) is -1.94. The maximum absolute atomic E-state index is 10.5. The third-order valence-corrected chi connectivity index (χ3v) is 2.61. The molecule has 0 bridgehead atoms. The number of aliphatic imine (C=N–C) groups is 1. The lowest BCUT2D eigenvalue weighted by Gasteiger charge is -2.10. The molecule has 12 nitrogen and oxygen atoms in total. The SMILES string of the molecule is CC(=O)N[C@@H](CCC(=O)O)C(=O)O.NC(N)=NCCC[C@H](N)C(=O)O. The third kappa shape index (κ3) is 17.3. The molecule has 12 heteroatoms. The van der Waals surface area contributed by atoms with E-state index in [9.17, 15) is 19.2 Å². The van der Waals surface area contributed by atoms with Gasteiger partial charge in [0.2, 0.25) is 5.91 Å². The van der Waals surface area contributed by atoms with Gasteiger partial charge >= 0.3 is 17.9 Å². The summed E-state index contributed by atoms with van der Waals surface area (Å²) >= 11 is 0. The van der Waals surface area contributed by atoms with Gasteiger partial charge in [-0.15, -0.1) is 0 Å². The van der Waals surface area contributed by atoms with Crippen LogP contribution in [0, 0.1) is 0 Å². The van der Waals surface area contributed by atoms with Crippen molar-refractivity contribution in [1.29, 1.82) is 0 Å². The lowest BCUT2D eigenvalue weighted by atomic mass is 10.1. The summed E-state index contributed by atoms with van der Waals surface area (Å²) in [6.07, 6.45) is 0.568. The Kier molecular flexibility index (Phi) is 13.2. The Morgan fingerprint density at radius 3 is 1.96 bits per heavy atom. The van der Waals surface area contributed by atoms with Gasteiger partial charge in [0.25, 0.3) is 0 Å².